The summed E-state index contributed by atoms with van der Waals surface area (Å²) in [6.45, 7) is 3.58. The summed E-state index contributed by atoms with van der Waals surface area (Å²) in [6, 6.07) is 12.0. The summed E-state index contributed by atoms with van der Waals surface area (Å²) in [5.74, 6) is -1.53. The lowest BCUT2D eigenvalue weighted by Gasteiger charge is -2.47. The Bertz CT molecular complexity index is 1080. The van der Waals surface area contributed by atoms with Crippen molar-refractivity contribution in [1.29, 1.82) is 0 Å². The number of rotatable bonds is 7. The van der Waals surface area contributed by atoms with Crippen LogP contribution in [-0.2, 0) is 12.1 Å². The molecule has 1 fully saturated rings. The van der Waals surface area contributed by atoms with Crippen LogP contribution < -0.4 is 10.6 Å². The molecule has 2 heterocycles. The highest BCUT2D eigenvalue weighted by molar-refractivity contribution is 7.80. The van der Waals surface area contributed by atoms with E-state index in [9.17, 15) is 13.9 Å². The van der Waals surface area contributed by atoms with Crippen molar-refractivity contribution in [3.05, 3.63) is 78.4 Å². The van der Waals surface area contributed by atoms with Gasteiger partial charge >= 0.3 is 0 Å². The van der Waals surface area contributed by atoms with E-state index >= 15 is 0 Å². The molecule has 1 saturated heterocycles. The van der Waals surface area contributed by atoms with Gasteiger partial charge in [0.05, 0.1) is 17.6 Å². The lowest BCUT2D eigenvalue weighted by molar-refractivity contribution is -0.0721. The number of benzene rings is 2. The fraction of sp³-hybridized carbons (Fsp3) is 0.348. The predicted molar refractivity (Wildman–Crippen MR) is 126 cm³/mol. The first kappa shape index (κ1) is 23.4. The van der Waals surface area contributed by atoms with E-state index in [1.807, 2.05) is 37.3 Å². The summed E-state index contributed by atoms with van der Waals surface area (Å²) >= 11 is 5.73. The van der Waals surface area contributed by atoms with Crippen LogP contribution in [0.2, 0.25) is 0 Å². The molecule has 10 heteroatoms. The predicted octanol–water partition coefficient (Wildman–Crippen LogP) is 2.55. The van der Waals surface area contributed by atoms with E-state index in [2.05, 4.69) is 25.6 Å². The third-order valence-electron chi connectivity index (χ3n) is 6.08. The van der Waals surface area contributed by atoms with E-state index in [1.54, 1.807) is 0 Å². The number of para-hydroxylation sites is 1. The molecule has 174 valence electrons. The van der Waals surface area contributed by atoms with Crippen molar-refractivity contribution in [1.82, 2.24) is 25.0 Å². The zero-order valence-corrected chi connectivity index (χ0v) is 19.0. The molecule has 0 radical (unpaired) electrons. The number of thiocarbonyl (C=S) groups is 1. The first-order valence-corrected chi connectivity index (χ1v) is 11.1. The lowest BCUT2D eigenvalue weighted by atomic mass is 9.84. The molecule has 3 N–H and O–H groups in total. The van der Waals surface area contributed by atoms with Crippen molar-refractivity contribution in [3.8, 4) is 0 Å². The van der Waals surface area contributed by atoms with Gasteiger partial charge < -0.3 is 15.7 Å². The molecule has 7 nitrogen and oxygen atoms in total. The summed E-state index contributed by atoms with van der Waals surface area (Å²) < 4.78 is 30.0. The number of piperazine rings is 1. The maximum atomic E-state index is 14.9. The van der Waals surface area contributed by atoms with Crippen molar-refractivity contribution >= 4 is 22.9 Å². The number of hydrogen-bond acceptors (Lipinski definition) is 6. The largest absolute Gasteiger partial charge is 0.381 e. The summed E-state index contributed by atoms with van der Waals surface area (Å²) in [5.41, 5.74) is -0.877. The number of anilines is 1. The Labute approximate surface area is 196 Å². The summed E-state index contributed by atoms with van der Waals surface area (Å²) in [7, 11) is 0. The zero-order chi connectivity index (χ0) is 23.4. The minimum absolute atomic E-state index is 0.00822. The highest BCUT2D eigenvalue weighted by Gasteiger charge is 2.45. The Hall–Kier alpha value is -2.79. The first-order valence-electron chi connectivity index (χ1n) is 10.7. The van der Waals surface area contributed by atoms with Crippen LogP contribution in [0.5, 0.6) is 0 Å². The van der Waals surface area contributed by atoms with E-state index in [4.69, 9.17) is 12.2 Å². The second-order valence-electron chi connectivity index (χ2n) is 8.13. The van der Waals surface area contributed by atoms with Gasteiger partial charge in [-0.2, -0.15) is 5.10 Å². The van der Waals surface area contributed by atoms with Gasteiger partial charge in [0.25, 0.3) is 0 Å². The number of nitrogens with one attached hydrogen (secondary N) is 2. The number of halogens is 2. The SMILES string of the molecule is C[C@@H](N1CCNCC1C(=S)Nc1ccccc1)[C@](O)(Cn1cncn1)c1ccc(F)cc1F. The molecule has 1 unspecified atom stereocenters. The normalized spacial score (nSPS) is 19.6. The molecule has 0 amide bonds. The Balaban J connectivity index is 1.67. The third-order valence-corrected chi connectivity index (χ3v) is 6.46. The average Bonchev–Trinajstić information content (AvgIpc) is 3.32. The van der Waals surface area contributed by atoms with E-state index in [0.29, 0.717) is 24.6 Å². The molecule has 0 spiro atoms. The minimum Gasteiger partial charge on any atom is -0.381 e. The topological polar surface area (TPSA) is 78.2 Å². The molecule has 1 aliphatic rings. The molecule has 0 saturated carbocycles. The Morgan fingerprint density at radius 1 is 1.30 bits per heavy atom. The van der Waals surface area contributed by atoms with Crippen LogP contribution in [0.3, 0.4) is 0 Å². The van der Waals surface area contributed by atoms with Gasteiger partial charge in [-0.25, -0.2) is 18.4 Å². The quantitative estimate of drug-likeness (QED) is 0.456. The van der Waals surface area contributed by atoms with Crippen LogP contribution >= 0.6 is 12.2 Å². The van der Waals surface area contributed by atoms with Crippen LogP contribution in [-0.4, -0.2) is 61.5 Å². The van der Waals surface area contributed by atoms with E-state index < -0.39 is 23.3 Å². The highest BCUT2D eigenvalue weighted by Crippen LogP contribution is 2.34. The molecule has 1 aromatic heterocycles. The number of hydrogen-bond donors (Lipinski definition) is 3. The van der Waals surface area contributed by atoms with Crippen LogP contribution in [0.25, 0.3) is 0 Å². The van der Waals surface area contributed by atoms with Gasteiger partial charge in [0.15, 0.2) is 0 Å². The average molecular weight is 473 g/mol. The molecule has 3 atom stereocenters. The molecule has 3 aromatic rings. The van der Waals surface area contributed by atoms with Crippen molar-refractivity contribution in [2.45, 2.75) is 31.2 Å². The molecule has 4 rings (SSSR count). The standard InChI is InChI=1S/C23H26F2N6OS/c1-16(31-10-9-26-12-21(31)22(33)29-18-5-3-2-4-6-18)23(32,13-30-15-27-14-28-30)19-8-7-17(24)11-20(19)25/h2-8,11,14-16,21,26,32H,9-10,12-13H2,1H3,(H,29,33)/t16-,21?,23-/m1/s1. The molecule has 2 aromatic carbocycles. The number of nitrogens with zero attached hydrogens (tertiary/aromatic N) is 4. The summed E-state index contributed by atoms with van der Waals surface area (Å²) in [4.78, 5) is 6.57. The van der Waals surface area contributed by atoms with Crippen molar-refractivity contribution < 1.29 is 13.9 Å². The van der Waals surface area contributed by atoms with Gasteiger partial charge in [0, 0.05) is 43.0 Å². The number of aliphatic hydroxyl groups is 1. The maximum Gasteiger partial charge on any atom is 0.137 e. The fourth-order valence-corrected chi connectivity index (χ4v) is 4.63. The van der Waals surface area contributed by atoms with Gasteiger partial charge in [0.1, 0.15) is 29.9 Å². The lowest BCUT2D eigenvalue weighted by Crippen LogP contribution is -2.63. The first-order chi connectivity index (χ1) is 15.9. The highest BCUT2D eigenvalue weighted by atomic mass is 32.1. The second kappa shape index (κ2) is 10.0. The molecule has 0 aliphatic carbocycles. The molecule has 33 heavy (non-hydrogen) atoms. The van der Waals surface area contributed by atoms with Crippen LogP contribution in [0.15, 0.2) is 61.2 Å². The molecule has 1 aliphatic heterocycles. The Morgan fingerprint density at radius 3 is 2.79 bits per heavy atom. The van der Waals surface area contributed by atoms with Gasteiger partial charge in [-0.1, -0.05) is 36.5 Å². The van der Waals surface area contributed by atoms with E-state index in [1.165, 1.54) is 23.4 Å². The van der Waals surface area contributed by atoms with Gasteiger partial charge in [-0.05, 0) is 25.1 Å². The summed E-state index contributed by atoms with van der Waals surface area (Å²) in [6.07, 6.45) is 2.80. The monoisotopic (exact) mass is 472 g/mol. The Kier molecular flexibility index (Phi) is 7.08. The number of aromatic nitrogens is 3. The zero-order valence-electron chi connectivity index (χ0n) is 18.2. The fourth-order valence-electron chi connectivity index (χ4n) is 4.29. The summed E-state index contributed by atoms with van der Waals surface area (Å²) in [5, 5.41) is 22.7. The molecular formula is C23H26F2N6OS. The van der Waals surface area contributed by atoms with Gasteiger partial charge in [0.2, 0.25) is 0 Å². The second-order valence-corrected chi connectivity index (χ2v) is 8.57. The smallest absolute Gasteiger partial charge is 0.137 e. The van der Waals surface area contributed by atoms with Crippen molar-refractivity contribution in [2.24, 2.45) is 0 Å². The third kappa shape index (κ3) is 5.09. The van der Waals surface area contributed by atoms with Crippen molar-refractivity contribution in [2.75, 3.05) is 25.0 Å². The minimum atomic E-state index is -1.73. The van der Waals surface area contributed by atoms with Gasteiger partial charge in [-0.15, -0.1) is 0 Å². The molecule has 0 bridgehead atoms. The van der Waals surface area contributed by atoms with Crippen LogP contribution in [0.1, 0.15) is 12.5 Å². The molecular weight excluding hydrogens is 446 g/mol. The van der Waals surface area contributed by atoms with Crippen molar-refractivity contribution in [3.63, 3.8) is 0 Å². The van der Waals surface area contributed by atoms with Gasteiger partial charge in [-0.3, -0.25) is 4.90 Å². The van der Waals surface area contributed by atoms with Crippen LogP contribution in [0, 0.1) is 11.6 Å². The maximum absolute atomic E-state index is 14.9. The Morgan fingerprint density at radius 2 is 2.09 bits per heavy atom. The van der Waals surface area contributed by atoms with E-state index in [-0.39, 0.29) is 18.2 Å². The van der Waals surface area contributed by atoms with Crippen LogP contribution in [0.4, 0.5) is 14.5 Å². The van der Waals surface area contributed by atoms with E-state index in [0.717, 1.165) is 17.8 Å².